The average Bonchev–Trinajstić information content (AvgIpc) is 3.41. The highest BCUT2D eigenvalue weighted by atomic mass is 16.6. The Morgan fingerprint density at radius 1 is 0.788 bits per heavy atom. The predicted molar refractivity (Wildman–Crippen MR) is 202 cm³/mol. The van der Waals surface area contributed by atoms with Crippen LogP contribution in [0.5, 0.6) is 0 Å². The monoisotopic (exact) mass is 727 g/mol. The number of fused-ring (bicyclic) bond motifs is 7. The summed E-state index contributed by atoms with van der Waals surface area (Å²) in [6, 6.07) is 0. The first kappa shape index (κ1) is 40.6. The normalized spacial score (nSPS) is 39.4. The Labute approximate surface area is 313 Å². The maximum atomic E-state index is 14.4. The number of ether oxygens (including phenoxy) is 2. The minimum absolute atomic E-state index is 0.0739. The minimum atomic E-state index is -1.16. The maximum absolute atomic E-state index is 14.4. The summed E-state index contributed by atoms with van der Waals surface area (Å²) in [5.74, 6) is 0.613. The van der Waals surface area contributed by atoms with Gasteiger partial charge in [-0.15, -0.1) is 0 Å². The number of carboxylic acid groups (broad SMARTS) is 1. The molecule has 5 aliphatic carbocycles. The highest BCUT2D eigenvalue weighted by molar-refractivity contribution is 5.84. The number of hydrogen-bond donors (Lipinski definition) is 3. The third-order valence-corrected chi connectivity index (χ3v) is 16.0. The van der Waals surface area contributed by atoms with Crippen LogP contribution in [0.25, 0.3) is 0 Å². The molecule has 0 aromatic heterocycles. The zero-order valence-electron chi connectivity index (χ0n) is 34.3. The number of alkyl carbamates (subject to hydrolysis) is 1. The fourth-order valence-corrected chi connectivity index (χ4v) is 13.2. The molecule has 0 bridgehead atoms. The SMILES string of the molecule is C=C(C)[C@@H]1CC[C@]2(C(=O)NCCNC(=O)OC(C)(C)C)CC[C@]3(C)[C@H](CC[C@@H]4[C@@]5(C)CC[C@H](OC(=O)CC(C)(C)C(=O)O)C(C)(C)[C@@H]5CC[C@]43C)[C@@H]12. The van der Waals surface area contributed by atoms with Crippen LogP contribution in [-0.4, -0.2) is 53.8 Å². The minimum Gasteiger partial charge on any atom is -0.481 e. The molecule has 0 unspecified atom stereocenters. The van der Waals surface area contributed by atoms with Crippen molar-refractivity contribution in [3.8, 4) is 0 Å². The first-order chi connectivity index (χ1) is 23.9. The van der Waals surface area contributed by atoms with Crippen LogP contribution in [-0.2, 0) is 23.9 Å². The van der Waals surface area contributed by atoms with Gasteiger partial charge in [-0.05, 0) is 152 Å². The average molecular weight is 727 g/mol. The number of allylic oxidation sites excluding steroid dienone is 1. The van der Waals surface area contributed by atoms with Crippen molar-refractivity contribution in [2.75, 3.05) is 13.1 Å². The highest BCUT2D eigenvalue weighted by Crippen LogP contribution is 2.77. The van der Waals surface area contributed by atoms with Crippen LogP contribution in [0, 0.1) is 62.1 Å². The standard InChI is InChI=1S/C43H70N2O7/c1-26(2)27-15-20-43(34(47)44-23-24-45-36(50)52-37(3,4)5)22-21-41(11)28(33(27)43)13-14-30-40(10)18-17-31(51-32(46)25-38(6,7)35(48)49)39(8,9)29(40)16-19-42(30,41)12/h27-31,33H,1,13-25H2,2-12H3,(H,44,47)(H,45,50)(H,48,49)/t27-,28+,29-,30+,31-,33+,40-,41+,42+,43-/m0/s1. The fraction of sp³-hybridized carbons (Fsp3) is 0.860. The molecule has 0 spiro atoms. The molecule has 294 valence electrons. The molecule has 5 rings (SSSR count). The number of amides is 2. The lowest BCUT2D eigenvalue weighted by atomic mass is 9.32. The van der Waals surface area contributed by atoms with Gasteiger partial charge in [0.2, 0.25) is 5.91 Å². The Hall–Kier alpha value is -2.58. The van der Waals surface area contributed by atoms with Crippen LogP contribution >= 0.6 is 0 Å². The van der Waals surface area contributed by atoms with Crippen LogP contribution < -0.4 is 10.6 Å². The first-order valence-electron chi connectivity index (χ1n) is 20.2. The van der Waals surface area contributed by atoms with Gasteiger partial charge in [0, 0.05) is 18.5 Å². The zero-order valence-corrected chi connectivity index (χ0v) is 34.3. The van der Waals surface area contributed by atoms with Gasteiger partial charge in [0.1, 0.15) is 11.7 Å². The smallest absolute Gasteiger partial charge is 0.407 e. The van der Waals surface area contributed by atoms with Crippen molar-refractivity contribution in [2.45, 2.75) is 158 Å². The lowest BCUT2D eigenvalue weighted by molar-refractivity contribution is -0.249. The van der Waals surface area contributed by atoms with Gasteiger partial charge in [-0.3, -0.25) is 14.4 Å². The largest absolute Gasteiger partial charge is 0.481 e. The topological polar surface area (TPSA) is 131 Å². The number of aliphatic carboxylic acids is 1. The Kier molecular flexibility index (Phi) is 10.6. The molecule has 2 amide bonds. The van der Waals surface area contributed by atoms with Crippen molar-refractivity contribution in [1.29, 1.82) is 0 Å². The van der Waals surface area contributed by atoms with Crippen molar-refractivity contribution >= 4 is 23.9 Å². The molecule has 3 N–H and O–H groups in total. The summed E-state index contributed by atoms with van der Waals surface area (Å²) in [4.78, 5) is 51.4. The number of esters is 1. The number of rotatable bonds is 9. The summed E-state index contributed by atoms with van der Waals surface area (Å²) in [6.45, 7) is 28.2. The molecule has 0 heterocycles. The van der Waals surface area contributed by atoms with Crippen molar-refractivity contribution in [1.82, 2.24) is 10.6 Å². The second kappa shape index (κ2) is 13.6. The number of carbonyl (C=O) groups is 4. The van der Waals surface area contributed by atoms with Gasteiger partial charge >= 0.3 is 18.0 Å². The van der Waals surface area contributed by atoms with Crippen LogP contribution in [0.1, 0.15) is 147 Å². The van der Waals surface area contributed by atoms with Crippen LogP contribution in [0.4, 0.5) is 4.79 Å². The molecule has 5 aliphatic rings. The fourth-order valence-electron chi connectivity index (χ4n) is 13.2. The summed E-state index contributed by atoms with van der Waals surface area (Å²) < 4.78 is 11.5. The Morgan fingerprint density at radius 3 is 2.06 bits per heavy atom. The maximum Gasteiger partial charge on any atom is 0.407 e. The van der Waals surface area contributed by atoms with E-state index in [0.717, 1.165) is 64.2 Å². The molecule has 5 fully saturated rings. The molecule has 0 aliphatic heterocycles. The molecule has 0 radical (unpaired) electrons. The van der Waals surface area contributed by atoms with Crippen molar-refractivity contribution in [3.05, 3.63) is 12.2 Å². The number of carbonyl (C=O) groups excluding carboxylic acids is 3. The van der Waals surface area contributed by atoms with Gasteiger partial charge in [0.15, 0.2) is 0 Å². The Morgan fingerprint density at radius 2 is 1.44 bits per heavy atom. The van der Waals surface area contributed by atoms with Crippen LogP contribution in [0.3, 0.4) is 0 Å². The summed E-state index contributed by atoms with van der Waals surface area (Å²) in [6.07, 6.45) is 9.13. The van der Waals surface area contributed by atoms with Crippen LogP contribution in [0.2, 0.25) is 0 Å². The Bertz CT molecular complexity index is 1450. The van der Waals surface area contributed by atoms with Crippen molar-refractivity contribution in [3.63, 3.8) is 0 Å². The lowest BCUT2D eigenvalue weighted by Crippen LogP contribution is -2.67. The van der Waals surface area contributed by atoms with E-state index in [4.69, 9.17) is 9.47 Å². The molecule has 0 aromatic carbocycles. The molecular weight excluding hydrogens is 656 g/mol. The number of nitrogens with one attached hydrogen (secondary N) is 2. The van der Waals surface area contributed by atoms with Crippen molar-refractivity contribution < 1.29 is 33.8 Å². The lowest BCUT2D eigenvalue weighted by Gasteiger charge is -2.72. The van der Waals surface area contributed by atoms with Gasteiger partial charge in [-0.1, -0.05) is 46.8 Å². The van der Waals surface area contributed by atoms with E-state index in [-0.39, 0.29) is 46.0 Å². The Balaban J connectivity index is 1.35. The van der Waals surface area contributed by atoms with Crippen molar-refractivity contribution in [2.24, 2.45) is 62.1 Å². The van der Waals surface area contributed by atoms with E-state index in [1.807, 2.05) is 20.8 Å². The van der Waals surface area contributed by atoms with Crippen LogP contribution in [0.15, 0.2) is 12.2 Å². The summed E-state index contributed by atoms with van der Waals surface area (Å²) in [5, 5.41) is 15.6. The molecule has 0 saturated heterocycles. The van der Waals surface area contributed by atoms with Gasteiger partial charge in [-0.2, -0.15) is 0 Å². The predicted octanol–water partition coefficient (Wildman–Crippen LogP) is 8.70. The van der Waals surface area contributed by atoms with E-state index < -0.39 is 34.5 Å². The molecule has 52 heavy (non-hydrogen) atoms. The van der Waals surface area contributed by atoms with E-state index in [9.17, 15) is 24.3 Å². The second-order valence-electron chi connectivity index (χ2n) is 20.7. The molecule has 5 saturated carbocycles. The summed E-state index contributed by atoms with van der Waals surface area (Å²) in [7, 11) is 0. The third kappa shape index (κ3) is 6.71. The third-order valence-electron chi connectivity index (χ3n) is 16.0. The van der Waals surface area contributed by atoms with E-state index in [1.165, 1.54) is 5.57 Å². The van der Waals surface area contributed by atoms with Gasteiger partial charge < -0.3 is 25.2 Å². The van der Waals surface area contributed by atoms with E-state index in [2.05, 4.69) is 58.8 Å². The molecular formula is C43H70N2O7. The van der Waals surface area contributed by atoms with E-state index in [1.54, 1.807) is 13.8 Å². The summed E-state index contributed by atoms with van der Waals surface area (Å²) in [5.41, 5.74) is -0.935. The first-order valence-corrected chi connectivity index (χ1v) is 20.2. The molecule has 10 atom stereocenters. The molecule has 9 nitrogen and oxygen atoms in total. The van der Waals surface area contributed by atoms with E-state index in [0.29, 0.717) is 36.8 Å². The molecule has 0 aromatic rings. The van der Waals surface area contributed by atoms with Gasteiger partial charge in [0.05, 0.1) is 17.3 Å². The second-order valence-corrected chi connectivity index (χ2v) is 20.7. The number of carboxylic acids is 1. The summed E-state index contributed by atoms with van der Waals surface area (Å²) >= 11 is 0. The zero-order chi connectivity index (χ0) is 38.9. The number of hydrogen-bond acceptors (Lipinski definition) is 6. The van der Waals surface area contributed by atoms with Gasteiger partial charge in [0.25, 0.3) is 0 Å². The van der Waals surface area contributed by atoms with Gasteiger partial charge in [-0.25, -0.2) is 4.79 Å². The highest BCUT2D eigenvalue weighted by Gasteiger charge is 2.72. The molecule has 9 heteroatoms. The van der Waals surface area contributed by atoms with E-state index >= 15 is 0 Å². The quantitative estimate of drug-likeness (QED) is 0.123.